The van der Waals surface area contributed by atoms with Crippen LogP contribution in [-0.4, -0.2) is 20.3 Å². The molecule has 0 spiro atoms. The Kier molecular flexibility index (Phi) is 5.08. The molecular weight excluding hydrogens is 380 g/mol. The number of hydrogen-bond donors (Lipinski definition) is 1. The minimum Gasteiger partial charge on any atom is -0.344 e. The van der Waals surface area contributed by atoms with Crippen LogP contribution in [0.3, 0.4) is 0 Å². The molecule has 1 aromatic carbocycles. The first-order chi connectivity index (χ1) is 12.0. The number of para-hydroxylation sites is 1. The van der Waals surface area contributed by atoms with E-state index in [4.69, 9.17) is 0 Å². The van der Waals surface area contributed by atoms with Gasteiger partial charge in [0.1, 0.15) is 5.69 Å². The Morgan fingerprint density at radius 2 is 2.04 bits per heavy atom. The maximum atomic E-state index is 12.6. The number of aryl methyl sites for hydroxylation is 1. The van der Waals surface area contributed by atoms with Crippen molar-refractivity contribution in [2.45, 2.75) is 33.4 Å². The van der Waals surface area contributed by atoms with Crippen molar-refractivity contribution < 1.29 is 4.79 Å². The van der Waals surface area contributed by atoms with Gasteiger partial charge in [0.15, 0.2) is 0 Å². The molecule has 0 saturated carbocycles. The molecule has 0 fully saturated rings. The highest BCUT2D eigenvalue weighted by Crippen LogP contribution is 2.21. The highest BCUT2D eigenvalue weighted by atomic mass is 79.9. The largest absolute Gasteiger partial charge is 0.344 e. The molecule has 1 N–H and O–H groups in total. The third-order valence-corrected chi connectivity index (χ3v) is 4.73. The van der Waals surface area contributed by atoms with E-state index in [-0.39, 0.29) is 11.9 Å². The summed E-state index contributed by atoms with van der Waals surface area (Å²) in [6.45, 7) is 6.75. The fourth-order valence-corrected chi connectivity index (χ4v) is 3.42. The zero-order chi connectivity index (χ0) is 18.0. The Balaban J connectivity index is 1.81. The number of benzene rings is 1. The van der Waals surface area contributed by atoms with Gasteiger partial charge in [-0.2, -0.15) is 5.10 Å². The van der Waals surface area contributed by atoms with Crippen LogP contribution in [0.1, 0.15) is 41.6 Å². The number of rotatable bonds is 5. The molecule has 0 aliphatic rings. The van der Waals surface area contributed by atoms with Crippen LogP contribution < -0.4 is 5.32 Å². The van der Waals surface area contributed by atoms with Gasteiger partial charge in [-0.25, -0.2) is 4.68 Å². The summed E-state index contributed by atoms with van der Waals surface area (Å²) in [6.07, 6.45) is 3.74. The molecule has 25 heavy (non-hydrogen) atoms. The van der Waals surface area contributed by atoms with E-state index in [0.717, 1.165) is 28.0 Å². The summed E-state index contributed by atoms with van der Waals surface area (Å²) >= 11 is 3.43. The van der Waals surface area contributed by atoms with Crippen LogP contribution in [0.15, 0.2) is 53.3 Å². The molecule has 0 aliphatic carbocycles. The topological polar surface area (TPSA) is 51.9 Å². The van der Waals surface area contributed by atoms with Crippen LogP contribution in [0.2, 0.25) is 0 Å². The third-order valence-electron chi connectivity index (χ3n) is 4.30. The molecule has 3 rings (SSSR count). The molecule has 2 heterocycles. The Morgan fingerprint density at radius 1 is 1.32 bits per heavy atom. The van der Waals surface area contributed by atoms with Crippen LogP contribution in [0.5, 0.6) is 0 Å². The van der Waals surface area contributed by atoms with Gasteiger partial charge in [0.25, 0.3) is 5.91 Å². The molecule has 3 aromatic rings. The Labute approximate surface area is 155 Å². The lowest BCUT2D eigenvalue weighted by Gasteiger charge is -2.15. The van der Waals surface area contributed by atoms with Crippen LogP contribution in [0.4, 0.5) is 0 Å². The maximum absolute atomic E-state index is 12.6. The van der Waals surface area contributed by atoms with E-state index in [0.29, 0.717) is 5.69 Å². The van der Waals surface area contributed by atoms with Gasteiger partial charge in [0.2, 0.25) is 0 Å². The minimum absolute atomic E-state index is 0.0908. The quantitative estimate of drug-likeness (QED) is 0.695. The van der Waals surface area contributed by atoms with E-state index >= 15 is 0 Å². The van der Waals surface area contributed by atoms with Crippen LogP contribution in [0, 0.1) is 6.92 Å². The first-order valence-corrected chi connectivity index (χ1v) is 9.07. The summed E-state index contributed by atoms with van der Waals surface area (Å²) < 4.78 is 4.72. The number of aromatic nitrogens is 3. The second-order valence-electron chi connectivity index (χ2n) is 5.96. The second kappa shape index (κ2) is 7.27. The fourth-order valence-electron chi connectivity index (χ4n) is 2.95. The maximum Gasteiger partial charge on any atom is 0.268 e. The fraction of sp³-hybridized carbons (Fsp3) is 0.263. The molecule has 1 amide bonds. The van der Waals surface area contributed by atoms with Crippen molar-refractivity contribution in [3.63, 3.8) is 0 Å². The number of carbonyl (C=O) groups excluding carboxylic acids is 1. The van der Waals surface area contributed by atoms with Crippen molar-refractivity contribution in [2.75, 3.05) is 0 Å². The summed E-state index contributed by atoms with van der Waals surface area (Å²) in [6, 6.07) is 11.7. The SMILES string of the molecule is CCn1cc(Br)cc1C(=O)NC(C)c1cnn(-c2ccccc2)c1C. The molecule has 5 nitrogen and oxygen atoms in total. The van der Waals surface area contributed by atoms with E-state index in [2.05, 4.69) is 26.3 Å². The third kappa shape index (κ3) is 3.54. The number of hydrogen-bond acceptors (Lipinski definition) is 2. The van der Waals surface area contributed by atoms with Crippen LogP contribution in [-0.2, 0) is 6.54 Å². The van der Waals surface area contributed by atoms with E-state index in [9.17, 15) is 4.79 Å². The Hall–Kier alpha value is -2.34. The van der Waals surface area contributed by atoms with Gasteiger partial charge in [-0.3, -0.25) is 4.79 Å². The number of nitrogens with one attached hydrogen (secondary N) is 1. The van der Waals surface area contributed by atoms with Gasteiger partial charge in [-0.15, -0.1) is 0 Å². The highest BCUT2D eigenvalue weighted by molar-refractivity contribution is 9.10. The molecule has 1 atom stereocenters. The zero-order valence-corrected chi connectivity index (χ0v) is 16.1. The lowest BCUT2D eigenvalue weighted by Crippen LogP contribution is -2.28. The first-order valence-electron chi connectivity index (χ1n) is 8.27. The monoisotopic (exact) mass is 400 g/mol. The predicted octanol–water partition coefficient (Wildman–Crippen LogP) is 4.26. The second-order valence-corrected chi connectivity index (χ2v) is 6.87. The Bertz CT molecular complexity index is 882. The van der Waals surface area contributed by atoms with Crippen molar-refractivity contribution in [3.05, 3.63) is 70.2 Å². The average Bonchev–Trinajstić information content (AvgIpc) is 3.18. The molecular formula is C19H21BrN4O. The molecule has 0 aliphatic heterocycles. The molecule has 6 heteroatoms. The van der Waals surface area contributed by atoms with Gasteiger partial charge < -0.3 is 9.88 Å². The molecule has 0 saturated heterocycles. The predicted molar refractivity (Wildman–Crippen MR) is 102 cm³/mol. The Morgan fingerprint density at radius 3 is 2.72 bits per heavy atom. The molecule has 0 bridgehead atoms. The molecule has 1 unspecified atom stereocenters. The summed E-state index contributed by atoms with van der Waals surface area (Å²) in [5.74, 6) is -0.0908. The van der Waals surface area contributed by atoms with Crippen molar-refractivity contribution >= 4 is 21.8 Å². The van der Waals surface area contributed by atoms with Crippen LogP contribution in [0.25, 0.3) is 5.69 Å². The van der Waals surface area contributed by atoms with Gasteiger partial charge in [0, 0.05) is 28.5 Å². The van der Waals surface area contributed by atoms with E-state index in [1.54, 1.807) is 0 Å². The number of nitrogens with zero attached hydrogens (tertiary/aromatic N) is 3. The van der Waals surface area contributed by atoms with E-state index in [1.807, 2.05) is 78.8 Å². The number of carbonyl (C=O) groups is 1. The normalized spacial score (nSPS) is 12.2. The highest BCUT2D eigenvalue weighted by Gasteiger charge is 2.19. The molecule has 130 valence electrons. The van der Waals surface area contributed by atoms with E-state index < -0.39 is 0 Å². The standard InChI is InChI=1S/C19H21BrN4O/c1-4-23-12-15(20)10-18(23)19(25)22-13(2)17-11-21-24(14(17)3)16-8-6-5-7-9-16/h5-13H,4H2,1-3H3,(H,22,25). The summed E-state index contributed by atoms with van der Waals surface area (Å²) in [5, 5.41) is 7.55. The lowest BCUT2D eigenvalue weighted by molar-refractivity contribution is 0.0930. The lowest BCUT2D eigenvalue weighted by atomic mass is 10.1. The van der Waals surface area contributed by atoms with Crippen molar-refractivity contribution in [2.24, 2.45) is 0 Å². The van der Waals surface area contributed by atoms with E-state index in [1.165, 1.54) is 0 Å². The minimum atomic E-state index is -0.135. The number of amides is 1. The van der Waals surface area contributed by atoms with Crippen molar-refractivity contribution in [1.29, 1.82) is 0 Å². The summed E-state index contributed by atoms with van der Waals surface area (Å²) in [4.78, 5) is 12.6. The van der Waals surface area contributed by atoms with Gasteiger partial charge in [-0.1, -0.05) is 18.2 Å². The summed E-state index contributed by atoms with van der Waals surface area (Å²) in [7, 11) is 0. The summed E-state index contributed by atoms with van der Waals surface area (Å²) in [5.41, 5.74) is 3.68. The van der Waals surface area contributed by atoms with Gasteiger partial charge >= 0.3 is 0 Å². The van der Waals surface area contributed by atoms with Crippen molar-refractivity contribution in [1.82, 2.24) is 19.7 Å². The molecule has 2 aromatic heterocycles. The molecule has 0 radical (unpaired) electrons. The average molecular weight is 401 g/mol. The smallest absolute Gasteiger partial charge is 0.268 e. The number of halogens is 1. The first kappa shape index (κ1) is 17.5. The zero-order valence-electron chi connectivity index (χ0n) is 14.5. The van der Waals surface area contributed by atoms with Crippen LogP contribution >= 0.6 is 15.9 Å². The van der Waals surface area contributed by atoms with Gasteiger partial charge in [-0.05, 0) is 54.9 Å². The van der Waals surface area contributed by atoms with Gasteiger partial charge in [0.05, 0.1) is 17.9 Å². The van der Waals surface area contributed by atoms with Crippen molar-refractivity contribution in [3.8, 4) is 5.69 Å².